The van der Waals surface area contributed by atoms with Crippen LogP contribution in [0.2, 0.25) is 0 Å². The van der Waals surface area contributed by atoms with Crippen LogP contribution in [0.25, 0.3) is 10.9 Å². The summed E-state index contributed by atoms with van der Waals surface area (Å²) < 4.78 is 0. The highest BCUT2D eigenvalue weighted by Crippen LogP contribution is 2.31. The summed E-state index contributed by atoms with van der Waals surface area (Å²) in [4.78, 5) is 18.2. The van der Waals surface area contributed by atoms with Gasteiger partial charge >= 0.3 is 0 Å². The van der Waals surface area contributed by atoms with Crippen LogP contribution in [0.3, 0.4) is 0 Å². The molecule has 1 aliphatic rings. The first kappa shape index (κ1) is 14.1. The van der Waals surface area contributed by atoms with E-state index in [-0.39, 0.29) is 11.9 Å². The summed E-state index contributed by atoms with van der Waals surface area (Å²) in [5.41, 5.74) is 7.58. The van der Waals surface area contributed by atoms with Crippen LogP contribution in [0.4, 0.5) is 0 Å². The van der Waals surface area contributed by atoms with Crippen molar-refractivity contribution in [2.45, 2.75) is 32.2 Å². The second kappa shape index (κ2) is 5.90. The first-order valence-corrected chi connectivity index (χ1v) is 7.83. The molecule has 1 amide bonds. The Hall–Kier alpha value is -1.81. The summed E-state index contributed by atoms with van der Waals surface area (Å²) >= 11 is 0. The minimum absolute atomic E-state index is 0.121. The molecule has 3 N–H and O–H groups in total. The van der Waals surface area contributed by atoms with Gasteiger partial charge in [-0.2, -0.15) is 0 Å². The smallest absolute Gasteiger partial charge is 0.256 e. The summed E-state index contributed by atoms with van der Waals surface area (Å²) in [5.74, 6) is 0.563. The number of benzene rings is 1. The van der Waals surface area contributed by atoms with Crippen molar-refractivity contribution in [2.75, 3.05) is 13.1 Å². The molecule has 1 heterocycles. The van der Waals surface area contributed by atoms with Crippen LogP contribution in [0.15, 0.2) is 30.5 Å². The normalized spacial score (nSPS) is 21.8. The summed E-state index contributed by atoms with van der Waals surface area (Å²) in [6.07, 6.45) is 5.26. The number of amides is 1. The average Bonchev–Trinajstić information content (AvgIpc) is 3.16. The molecule has 2 unspecified atom stereocenters. The van der Waals surface area contributed by atoms with E-state index in [1.165, 1.54) is 6.42 Å². The Bertz CT molecular complexity index is 634. The number of fused-ring (bicyclic) bond motifs is 1. The molecule has 1 saturated carbocycles. The SMILES string of the molecule is CCN(C(=O)c1cccc2cc[nH]c12)C1CCCC1CN. The minimum atomic E-state index is 0.121. The topological polar surface area (TPSA) is 62.1 Å². The quantitative estimate of drug-likeness (QED) is 0.907. The van der Waals surface area contributed by atoms with Crippen molar-refractivity contribution in [2.24, 2.45) is 11.7 Å². The Morgan fingerprint density at radius 1 is 1.38 bits per heavy atom. The zero-order valence-corrected chi connectivity index (χ0v) is 12.5. The van der Waals surface area contributed by atoms with Crippen LogP contribution in [0, 0.1) is 5.92 Å². The Kier molecular flexibility index (Phi) is 3.97. The second-order valence-corrected chi connectivity index (χ2v) is 5.83. The van der Waals surface area contributed by atoms with E-state index >= 15 is 0 Å². The predicted octanol–water partition coefficient (Wildman–Crippen LogP) is 2.76. The van der Waals surface area contributed by atoms with Gasteiger partial charge in [0.15, 0.2) is 0 Å². The van der Waals surface area contributed by atoms with E-state index in [1.54, 1.807) is 0 Å². The highest BCUT2D eigenvalue weighted by molar-refractivity contribution is 6.05. The van der Waals surface area contributed by atoms with Gasteiger partial charge in [-0.05, 0) is 44.4 Å². The van der Waals surface area contributed by atoms with E-state index in [0.29, 0.717) is 12.5 Å². The second-order valence-electron chi connectivity index (χ2n) is 5.83. The molecule has 3 rings (SSSR count). The third-order valence-corrected chi connectivity index (χ3v) is 4.74. The number of para-hydroxylation sites is 1. The van der Waals surface area contributed by atoms with Crippen LogP contribution < -0.4 is 5.73 Å². The number of nitrogens with zero attached hydrogens (tertiary/aromatic N) is 1. The number of aromatic nitrogens is 1. The molecule has 0 aliphatic heterocycles. The lowest BCUT2D eigenvalue weighted by atomic mass is 10.0. The zero-order valence-electron chi connectivity index (χ0n) is 12.5. The molecule has 21 heavy (non-hydrogen) atoms. The molecule has 0 bridgehead atoms. The molecule has 4 nitrogen and oxygen atoms in total. The highest BCUT2D eigenvalue weighted by Gasteiger charge is 2.33. The summed E-state index contributed by atoms with van der Waals surface area (Å²) in [6.45, 7) is 3.46. The molecule has 112 valence electrons. The Morgan fingerprint density at radius 2 is 2.24 bits per heavy atom. The van der Waals surface area contributed by atoms with E-state index < -0.39 is 0 Å². The molecule has 2 atom stereocenters. The molecule has 1 fully saturated rings. The predicted molar refractivity (Wildman–Crippen MR) is 85.2 cm³/mol. The summed E-state index contributed by atoms with van der Waals surface area (Å²) in [6, 6.07) is 8.18. The van der Waals surface area contributed by atoms with E-state index in [0.717, 1.165) is 35.9 Å². The lowest BCUT2D eigenvalue weighted by Gasteiger charge is -2.32. The number of rotatable bonds is 4. The first-order chi connectivity index (χ1) is 10.3. The molecule has 1 aromatic carbocycles. The molecule has 0 spiro atoms. The molecule has 0 radical (unpaired) electrons. The summed E-state index contributed by atoms with van der Waals surface area (Å²) in [7, 11) is 0. The monoisotopic (exact) mass is 285 g/mol. The largest absolute Gasteiger partial charge is 0.361 e. The van der Waals surface area contributed by atoms with E-state index in [9.17, 15) is 4.79 Å². The maximum Gasteiger partial charge on any atom is 0.256 e. The number of nitrogens with one attached hydrogen (secondary N) is 1. The fourth-order valence-electron chi connectivity index (χ4n) is 3.65. The van der Waals surface area contributed by atoms with Crippen molar-refractivity contribution < 1.29 is 4.79 Å². The molecule has 1 aliphatic carbocycles. The van der Waals surface area contributed by atoms with E-state index in [4.69, 9.17) is 5.73 Å². The van der Waals surface area contributed by atoms with Crippen molar-refractivity contribution >= 4 is 16.8 Å². The number of carbonyl (C=O) groups excluding carboxylic acids is 1. The van der Waals surface area contributed by atoms with Crippen LogP contribution in [0.1, 0.15) is 36.5 Å². The minimum Gasteiger partial charge on any atom is -0.361 e. The number of hydrogen-bond acceptors (Lipinski definition) is 2. The van der Waals surface area contributed by atoms with Gasteiger partial charge in [0, 0.05) is 24.2 Å². The lowest BCUT2D eigenvalue weighted by Crippen LogP contribution is -2.44. The van der Waals surface area contributed by atoms with Crippen LogP contribution in [-0.4, -0.2) is 34.9 Å². The van der Waals surface area contributed by atoms with Gasteiger partial charge in [0.05, 0.1) is 11.1 Å². The molecular formula is C17H23N3O. The average molecular weight is 285 g/mol. The Labute approximate surface area is 125 Å². The van der Waals surface area contributed by atoms with Crippen LogP contribution in [-0.2, 0) is 0 Å². The summed E-state index contributed by atoms with van der Waals surface area (Å²) in [5, 5.41) is 1.08. The van der Waals surface area contributed by atoms with Gasteiger partial charge in [-0.15, -0.1) is 0 Å². The van der Waals surface area contributed by atoms with E-state index in [1.807, 2.05) is 35.4 Å². The maximum atomic E-state index is 13.0. The fraction of sp³-hybridized carbons (Fsp3) is 0.471. The number of nitrogens with two attached hydrogens (primary N) is 1. The van der Waals surface area contributed by atoms with Crippen molar-refractivity contribution in [1.29, 1.82) is 0 Å². The zero-order chi connectivity index (χ0) is 14.8. The van der Waals surface area contributed by atoms with Gasteiger partial charge in [0.1, 0.15) is 0 Å². The number of aromatic amines is 1. The van der Waals surface area contributed by atoms with Gasteiger partial charge in [-0.25, -0.2) is 0 Å². The Morgan fingerprint density at radius 3 is 3.00 bits per heavy atom. The van der Waals surface area contributed by atoms with Crippen molar-refractivity contribution in [3.05, 3.63) is 36.0 Å². The van der Waals surface area contributed by atoms with E-state index in [2.05, 4.69) is 11.9 Å². The third kappa shape index (κ3) is 2.44. The number of H-pyrrole nitrogens is 1. The van der Waals surface area contributed by atoms with Crippen molar-refractivity contribution in [3.8, 4) is 0 Å². The lowest BCUT2D eigenvalue weighted by molar-refractivity contribution is 0.0654. The van der Waals surface area contributed by atoms with Gasteiger partial charge in [-0.3, -0.25) is 4.79 Å². The van der Waals surface area contributed by atoms with Crippen molar-refractivity contribution in [3.63, 3.8) is 0 Å². The van der Waals surface area contributed by atoms with Crippen LogP contribution in [0.5, 0.6) is 0 Å². The molecule has 4 heteroatoms. The molecule has 1 aromatic heterocycles. The van der Waals surface area contributed by atoms with Crippen LogP contribution >= 0.6 is 0 Å². The first-order valence-electron chi connectivity index (χ1n) is 7.83. The van der Waals surface area contributed by atoms with Gasteiger partial charge < -0.3 is 15.6 Å². The maximum absolute atomic E-state index is 13.0. The number of carbonyl (C=O) groups is 1. The Balaban J connectivity index is 1.93. The third-order valence-electron chi connectivity index (χ3n) is 4.74. The standard InChI is InChI=1S/C17H23N3O/c1-2-20(15-8-4-6-13(15)11-18)17(21)14-7-3-5-12-9-10-19-16(12)14/h3,5,7,9-10,13,15,19H,2,4,6,8,11,18H2,1H3. The molecular weight excluding hydrogens is 262 g/mol. The van der Waals surface area contributed by atoms with Gasteiger partial charge in [-0.1, -0.05) is 18.6 Å². The van der Waals surface area contributed by atoms with Crippen molar-refractivity contribution in [1.82, 2.24) is 9.88 Å². The molecule has 0 saturated heterocycles. The van der Waals surface area contributed by atoms with Gasteiger partial charge in [0.2, 0.25) is 0 Å². The fourth-order valence-corrected chi connectivity index (χ4v) is 3.65. The highest BCUT2D eigenvalue weighted by atomic mass is 16.2. The van der Waals surface area contributed by atoms with Gasteiger partial charge in [0.25, 0.3) is 5.91 Å². The number of hydrogen-bond donors (Lipinski definition) is 2. The molecule has 2 aromatic rings.